The van der Waals surface area contributed by atoms with Crippen LogP contribution in [0.15, 0.2) is 11.6 Å². The Bertz CT molecular complexity index is 1080. The van der Waals surface area contributed by atoms with Gasteiger partial charge in [0.25, 0.3) is 0 Å². The molecule has 2 unspecified atom stereocenters. The third kappa shape index (κ3) is 3.63. The van der Waals surface area contributed by atoms with E-state index in [1.807, 2.05) is 26.8 Å². The van der Waals surface area contributed by atoms with Gasteiger partial charge in [-0.25, -0.2) is 0 Å². The van der Waals surface area contributed by atoms with Gasteiger partial charge in [0.2, 0.25) is 0 Å². The normalized spacial score (nSPS) is 46.0. The highest BCUT2D eigenvalue weighted by Crippen LogP contribution is 2.73. The third-order valence-corrected chi connectivity index (χ3v) is 11.7. The van der Waals surface area contributed by atoms with Gasteiger partial charge in [-0.1, -0.05) is 46.3 Å². The molecule has 8 heteroatoms. The first-order valence-corrected chi connectivity index (χ1v) is 13.9. The number of aliphatic hydroxyl groups excluding tert-OH is 3. The van der Waals surface area contributed by atoms with Crippen LogP contribution in [0.25, 0.3) is 0 Å². The Morgan fingerprint density at radius 2 is 1.61 bits per heavy atom. The molecule has 8 nitrogen and oxygen atoms in total. The van der Waals surface area contributed by atoms with Crippen molar-refractivity contribution in [1.82, 2.24) is 0 Å². The van der Waals surface area contributed by atoms with Gasteiger partial charge in [0.1, 0.15) is 17.5 Å². The fourth-order valence-electron chi connectivity index (χ4n) is 9.10. The molecule has 4 aliphatic carbocycles. The Balaban J connectivity index is 1.82. The number of ketones is 3. The lowest BCUT2D eigenvalue weighted by Gasteiger charge is -2.64. The van der Waals surface area contributed by atoms with Gasteiger partial charge in [-0.15, -0.1) is 0 Å². The summed E-state index contributed by atoms with van der Waals surface area (Å²) in [7, 11) is 0. The molecule has 5 N–H and O–H groups in total. The number of aliphatic hydroxyl groups is 5. The first kappa shape index (κ1) is 29.5. The van der Waals surface area contributed by atoms with E-state index in [2.05, 4.69) is 0 Å². The molecule has 4 rings (SSSR count). The number of carbonyl (C=O) groups is 3. The van der Waals surface area contributed by atoms with Gasteiger partial charge in [0.15, 0.2) is 11.6 Å². The minimum Gasteiger partial charge on any atom is -0.390 e. The molecule has 0 aromatic carbocycles. The van der Waals surface area contributed by atoms with Crippen LogP contribution in [0, 0.1) is 39.4 Å². The van der Waals surface area contributed by atoms with Crippen molar-refractivity contribution in [3.05, 3.63) is 11.6 Å². The largest absolute Gasteiger partial charge is 0.390 e. The highest BCUT2D eigenvalue weighted by atomic mass is 16.3. The monoisotopic (exact) mass is 534 g/mol. The van der Waals surface area contributed by atoms with Crippen molar-refractivity contribution in [2.75, 3.05) is 0 Å². The summed E-state index contributed by atoms with van der Waals surface area (Å²) in [6.07, 6.45) is -1.23. The average Bonchev–Trinajstić information content (AvgIpc) is 2.94. The summed E-state index contributed by atoms with van der Waals surface area (Å²) < 4.78 is 0. The molecule has 0 aliphatic heterocycles. The van der Waals surface area contributed by atoms with Gasteiger partial charge in [-0.2, -0.15) is 0 Å². The second kappa shape index (κ2) is 8.53. The fourth-order valence-corrected chi connectivity index (χ4v) is 9.10. The van der Waals surface area contributed by atoms with Crippen molar-refractivity contribution in [3.8, 4) is 0 Å². The van der Waals surface area contributed by atoms with Gasteiger partial charge < -0.3 is 25.5 Å². The highest BCUT2D eigenvalue weighted by molar-refractivity contribution is 6.00. The zero-order valence-electron chi connectivity index (χ0n) is 24.0. The summed E-state index contributed by atoms with van der Waals surface area (Å²) in [6, 6.07) is 0. The molecule has 0 aromatic rings. The lowest BCUT2D eigenvalue weighted by Crippen LogP contribution is -2.66. The van der Waals surface area contributed by atoms with E-state index in [1.165, 1.54) is 6.92 Å². The molecule has 0 spiro atoms. The lowest BCUT2D eigenvalue weighted by atomic mass is 9.38. The summed E-state index contributed by atoms with van der Waals surface area (Å²) in [5, 5.41) is 54.6. The highest BCUT2D eigenvalue weighted by Gasteiger charge is 2.78. The Labute approximate surface area is 225 Å². The fraction of sp³-hybridized carbons (Fsp3) is 0.833. The molecule has 3 saturated carbocycles. The van der Waals surface area contributed by atoms with E-state index in [-0.39, 0.29) is 37.4 Å². The molecule has 0 saturated heterocycles. The van der Waals surface area contributed by atoms with Crippen LogP contribution >= 0.6 is 0 Å². The Kier molecular flexibility index (Phi) is 6.63. The number of carbonyl (C=O) groups excluding carboxylic acids is 3. The van der Waals surface area contributed by atoms with Crippen LogP contribution < -0.4 is 0 Å². The molecule has 0 heterocycles. The van der Waals surface area contributed by atoms with Crippen molar-refractivity contribution < 1.29 is 39.9 Å². The maximum atomic E-state index is 14.2. The molecule has 0 radical (unpaired) electrons. The van der Waals surface area contributed by atoms with E-state index >= 15 is 0 Å². The number of hydrogen-bond acceptors (Lipinski definition) is 8. The van der Waals surface area contributed by atoms with Gasteiger partial charge in [0.05, 0.1) is 17.8 Å². The standard InChI is InChI=1S/C30H46O8/c1-25(2,37)12-11-19(32)30(8,38)22-21(34)24(36)29(7)18-10-9-15-16(13-17(31)23(35)26(15,3)4)28(18,6)20(33)14-27(22,29)5/h9,16-18,21-23,31,34-35,37-38H,10-14H2,1-8H3/t16-,17+,18-,21+,22?,23-,27-,28+,29-,30?/m1/s1. The molecular formula is C30H46O8. The van der Waals surface area contributed by atoms with Crippen LogP contribution in [0.3, 0.4) is 0 Å². The molecule has 0 aromatic heterocycles. The second-order valence-electron chi connectivity index (χ2n) is 14.6. The van der Waals surface area contributed by atoms with Gasteiger partial charge in [-0.3, -0.25) is 14.4 Å². The molecule has 38 heavy (non-hydrogen) atoms. The molecule has 214 valence electrons. The number of Topliss-reactive ketones (excluding diaryl/α,β-unsaturated/α-hetero) is 3. The van der Waals surface area contributed by atoms with E-state index in [1.54, 1.807) is 27.7 Å². The molecule has 3 fully saturated rings. The summed E-state index contributed by atoms with van der Waals surface area (Å²) >= 11 is 0. The summed E-state index contributed by atoms with van der Waals surface area (Å²) in [6.45, 7) is 13.5. The summed E-state index contributed by atoms with van der Waals surface area (Å²) in [4.78, 5) is 41.6. The molecule has 0 amide bonds. The predicted molar refractivity (Wildman–Crippen MR) is 140 cm³/mol. The second-order valence-corrected chi connectivity index (χ2v) is 14.6. The topological polar surface area (TPSA) is 152 Å². The number of rotatable bonds is 5. The van der Waals surface area contributed by atoms with E-state index < -0.39 is 74.6 Å². The van der Waals surface area contributed by atoms with Gasteiger partial charge in [0, 0.05) is 35.0 Å². The Morgan fingerprint density at radius 1 is 1.03 bits per heavy atom. The van der Waals surface area contributed by atoms with Crippen LogP contribution in [0.4, 0.5) is 0 Å². The van der Waals surface area contributed by atoms with E-state index in [0.717, 1.165) is 5.57 Å². The Hall–Kier alpha value is -1.45. The van der Waals surface area contributed by atoms with Crippen molar-refractivity contribution in [2.24, 2.45) is 39.4 Å². The van der Waals surface area contributed by atoms with Crippen LogP contribution in [0.5, 0.6) is 0 Å². The minimum atomic E-state index is -2.09. The lowest BCUT2D eigenvalue weighted by molar-refractivity contribution is -0.188. The van der Waals surface area contributed by atoms with Gasteiger partial charge in [-0.05, 0) is 57.3 Å². The number of allylic oxidation sites excluding steroid dienone is 1. The van der Waals surface area contributed by atoms with E-state index in [0.29, 0.717) is 6.42 Å². The van der Waals surface area contributed by atoms with Crippen LogP contribution in [-0.2, 0) is 14.4 Å². The van der Waals surface area contributed by atoms with Crippen LogP contribution in [0.1, 0.15) is 87.5 Å². The molecule has 0 bridgehead atoms. The number of hydrogen-bond donors (Lipinski definition) is 5. The van der Waals surface area contributed by atoms with Crippen molar-refractivity contribution in [2.45, 2.75) is 117 Å². The van der Waals surface area contributed by atoms with Crippen LogP contribution in [0.2, 0.25) is 0 Å². The minimum absolute atomic E-state index is 0.103. The first-order valence-electron chi connectivity index (χ1n) is 13.9. The average molecular weight is 535 g/mol. The smallest absolute Gasteiger partial charge is 0.168 e. The van der Waals surface area contributed by atoms with E-state index in [4.69, 9.17) is 0 Å². The quantitative estimate of drug-likeness (QED) is 0.336. The first-order chi connectivity index (χ1) is 17.1. The van der Waals surface area contributed by atoms with E-state index in [9.17, 15) is 39.9 Å². The summed E-state index contributed by atoms with van der Waals surface area (Å²) in [5.74, 6) is -3.29. The van der Waals surface area contributed by atoms with Gasteiger partial charge >= 0.3 is 0 Å². The van der Waals surface area contributed by atoms with Crippen molar-refractivity contribution in [3.63, 3.8) is 0 Å². The SMILES string of the molecule is CC(C)(O)CCC(=O)C(C)(O)C1[C@H](O)C(=O)[C@@]2(C)[C@@H]3CC=C4[C@@H](C[C@H](O)[C@@H](O)C4(C)C)[C@]3(C)C(=O)C[C@]12C. The zero-order valence-corrected chi connectivity index (χ0v) is 24.0. The van der Waals surface area contributed by atoms with Crippen molar-refractivity contribution >= 4 is 17.3 Å². The maximum Gasteiger partial charge on any atom is 0.168 e. The Morgan fingerprint density at radius 3 is 2.16 bits per heavy atom. The zero-order chi connectivity index (χ0) is 29.0. The molecule has 4 aliphatic rings. The molecular weight excluding hydrogens is 488 g/mol. The van der Waals surface area contributed by atoms with Crippen molar-refractivity contribution in [1.29, 1.82) is 0 Å². The molecule has 10 atom stereocenters. The van der Waals surface area contributed by atoms with Crippen LogP contribution in [-0.4, -0.2) is 72.4 Å². The predicted octanol–water partition coefficient (Wildman–Crippen LogP) is 2.12. The summed E-state index contributed by atoms with van der Waals surface area (Å²) in [5.41, 5.74) is -6.53. The third-order valence-electron chi connectivity index (χ3n) is 11.7. The number of fused-ring (bicyclic) bond motifs is 5. The maximum absolute atomic E-state index is 14.2.